The van der Waals surface area contributed by atoms with E-state index in [1.807, 2.05) is 37.3 Å². The summed E-state index contributed by atoms with van der Waals surface area (Å²) in [6, 6.07) is 9.61. The van der Waals surface area contributed by atoms with Gasteiger partial charge in [0.15, 0.2) is 17.3 Å². The minimum atomic E-state index is -0.988. The summed E-state index contributed by atoms with van der Waals surface area (Å²) in [5, 5.41) is 0.193. The van der Waals surface area contributed by atoms with Crippen LogP contribution in [0.5, 0.6) is 0 Å². The topological polar surface area (TPSA) is 54.0 Å². The third-order valence-corrected chi connectivity index (χ3v) is 3.41. The van der Waals surface area contributed by atoms with Crippen molar-refractivity contribution in [3.8, 4) is 0 Å². The summed E-state index contributed by atoms with van der Waals surface area (Å²) in [5.41, 5.74) is 0.970. The van der Waals surface area contributed by atoms with Gasteiger partial charge >= 0.3 is 5.97 Å². The molecule has 1 heterocycles. The largest absolute Gasteiger partial charge is 0.485 e. The van der Waals surface area contributed by atoms with E-state index in [9.17, 15) is 4.79 Å². The van der Waals surface area contributed by atoms with Gasteiger partial charge in [-0.15, -0.1) is 0 Å². The first-order valence-corrected chi connectivity index (χ1v) is 7.56. The summed E-state index contributed by atoms with van der Waals surface area (Å²) in [6.45, 7) is 5.85. The molecular formula is C16H20O5S. The molecule has 0 bridgehead atoms. The molecule has 2 rings (SSSR count). The van der Waals surface area contributed by atoms with Gasteiger partial charge in [0, 0.05) is 13.8 Å². The zero-order valence-corrected chi connectivity index (χ0v) is 13.7. The molecule has 2 atom stereocenters. The molecule has 0 saturated carbocycles. The summed E-state index contributed by atoms with van der Waals surface area (Å²) in [4.78, 5) is 12.0. The molecule has 0 spiro atoms. The number of hydrogen-bond donors (Lipinski definition) is 0. The van der Waals surface area contributed by atoms with Crippen LogP contribution in [0.15, 0.2) is 30.3 Å². The molecule has 1 aromatic rings. The maximum atomic E-state index is 12.0. The second kappa shape index (κ2) is 7.17. The first-order valence-electron chi connectivity index (χ1n) is 7.16. The number of benzene rings is 1. The summed E-state index contributed by atoms with van der Waals surface area (Å²) >= 11 is 5.22. The lowest BCUT2D eigenvalue weighted by Crippen LogP contribution is -2.41. The Bertz CT molecular complexity index is 529. The molecule has 0 N–H and O–H groups in total. The molecule has 0 radical (unpaired) electrons. The van der Waals surface area contributed by atoms with Crippen LogP contribution in [0.4, 0.5) is 0 Å². The van der Waals surface area contributed by atoms with Crippen molar-refractivity contribution >= 4 is 23.2 Å². The monoisotopic (exact) mass is 324 g/mol. The Morgan fingerprint density at radius 3 is 2.59 bits per heavy atom. The van der Waals surface area contributed by atoms with Crippen molar-refractivity contribution in [1.29, 1.82) is 0 Å². The molecule has 6 heteroatoms. The maximum Gasteiger partial charge on any atom is 0.341 e. The Hall–Kier alpha value is -1.50. The number of rotatable bonds is 6. The predicted octanol–water partition coefficient (Wildman–Crippen LogP) is 2.61. The fraction of sp³-hybridized carbons (Fsp3) is 0.500. The lowest BCUT2D eigenvalue weighted by atomic mass is 10.2. The fourth-order valence-corrected chi connectivity index (χ4v) is 2.44. The zero-order valence-electron chi connectivity index (χ0n) is 12.9. The lowest BCUT2D eigenvalue weighted by Gasteiger charge is -2.23. The van der Waals surface area contributed by atoms with Crippen molar-refractivity contribution in [3.63, 3.8) is 0 Å². The van der Waals surface area contributed by atoms with Gasteiger partial charge in [-0.1, -0.05) is 30.3 Å². The number of cyclic esters (lactones) is 1. The van der Waals surface area contributed by atoms with E-state index in [0.717, 1.165) is 5.56 Å². The van der Waals surface area contributed by atoms with E-state index in [1.165, 1.54) is 0 Å². The van der Waals surface area contributed by atoms with Gasteiger partial charge in [0.05, 0.1) is 13.2 Å². The molecule has 1 aromatic carbocycles. The van der Waals surface area contributed by atoms with Crippen molar-refractivity contribution in [1.82, 2.24) is 0 Å². The van der Waals surface area contributed by atoms with Crippen LogP contribution >= 0.6 is 12.2 Å². The Morgan fingerprint density at radius 2 is 2.05 bits per heavy atom. The third-order valence-electron chi connectivity index (χ3n) is 3.06. The first kappa shape index (κ1) is 16.9. The molecule has 1 fully saturated rings. The molecule has 0 aliphatic carbocycles. The Balaban J connectivity index is 2.09. The van der Waals surface area contributed by atoms with Gasteiger partial charge in [-0.25, -0.2) is 4.79 Å². The van der Waals surface area contributed by atoms with Crippen molar-refractivity contribution in [3.05, 3.63) is 35.9 Å². The van der Waals surface area contributed by atoms with Gasteiger partial charge in [-0.2, -0.15) is 0 Å². The summed E-state index contributed by atoms with van der Waals surface area (Å²) in [7, 11) is 0. The Kier molecular flexibility index (Phi) is 5.50. The second-order valence-corrected chi connectivity index (χ2v) is 5.73. The Morgan fingerprint density at radius 1 is 1.36 bits per heavy atom. The number of carbonyl (C=O) groups excluding carboxylic acids is 1. The molecule has 22 heavy (non-hydrogen) atoms. The summed E-state index contributed by atoms with van der Waals surface area (Å²) in [5.74, 6) is -1.48. The number of thiocarbonyl (C=S) groups is 1. The highest BCUT2D eigenvalue weighted by molar-refractivity contribution is 7.80. The molecular weight excluding hydrogens is 304 g/mol. The highest BCUT2D eigenvalue weighted by atomic mass is 32.1. The van der Waals surface area contributed by atoms with Gasteiger partial charge in [-0.05, 0) is 24.7 Å². The maximum absolute atomic E-state index is 12.0. The fourth-order valence-electron chi connectivity index (χ4n) is 2.13. The van der Waals surface area contributed by atoms with Gasteiger partial charge in [0.25, 0.3) is 0 Å². The minimum absolute atomic E-state index is 0.193. The molecule has 1 saturated heterocycles. The SMILES string of the molecule is CCOC(=S)C(OCc1ccccc1)C1OC(C)(C)OC1=O. The van der Waals surface area contributed by atoms with Crippen LogP contribution in [-0.4, -0.2) is 35.6 Å². The van der Waals surface area contributed by atoms with Crippen LogP contribution < -0.4 is 0 Å². The molecule has 1 aliphatic heterocycles. The van der Waals surface area contributed by atoms with Gasteiger partial charge in [0.2, 0.25) is 5.79 Å². The van der Waals surface area contributed by atoms with Gasteiger partial charge < -0.3 is 18.9 Å². The smallest absolute Gasteiger partial charge is 0.341 e. The van der Waals surface area contributed by atoms with Crippen molar-refractivity contribution in [2.45, 2.75) is 45.4 Å². The van der Waals surface area contributed by atoms with Crippen LogP contribution in [-0.2, 0) is 30.3 Å². The highest BCUT2D eigenvalue weighted by Crippen LogP contribution is 2.28. The van der Waals surface area contributed by atoms with E-state index in [2.05, 4.69) is 0 Å². The number of hydrogen-bond acceptors (Lipinski definition) is 6. The van der Waals surface area contributed by atoms with Gasteiger partial charge in [0.1, 0.15) is 0 Å². The van der Waals surface area contributed by atoms with Gasteiger partial charge in [-0.3, -0.25) is 0 Å². The molecule has 5 nitrogen and oxygen atoms in total. The number of ether oxygens (including phenoxy) is 4. The average molecular weight is 324 g/mol. The first-order chi connectivity index (χ1) is 10.4. The Labute approximate surface area is 135 Å². The summed E-state index contributed by atoms with van der Waals surface area (Å²) in [6.07, 6.45) is -1.71. The quantitative estimate of drug-likeness (QED) is 0.592. The second-order valence-electron chi connectivity index (χ2n) is 5.33. The van der Waals surface area contributed by atoms with Crippen molar-refractivity contribution < 1.29 is 23.7 Å². The predicted molar refractivity (Wildman–Crippen MR) is 84.3 cm³/mol. The van der Waals surface area contributed by atoms with E-state index >= 15 is 0 Å². The van der Waals surface area contributed by atoms with E-state index in [4.69, 9.17) is 31.2 Å². The van der Waals surface area contributed by atoms with E-state index in [-0.39, 0.29) is 5.05 Å². The molecule has 1 aliphatic rings. The van der Waals surface area contributed by atoms with Crippen LogP contribution in [0.3, 0.4) is 0 Å². The van der Waals surface area contributed by atoms with Crippen LogP contribution in [0.1, 0.15) is 26.3 Å². The van der Waals surface area contributed by atoms with E-state index in [1.54, 1.807) is 13.8 Å². The summed E-state index contributed by atoms with van der Waals surface area (Å²) < 4.78 is 21.9. The van der Waals surface area contributed by atoms with Crippen LogP contribution in [0.2, 0.25) is 0 Å². The highest BCUT2D eigenvalue weighted by Gasteiger charge is 2.47. The molecule has 120 valence electrons. The van der Waals surface area contributed by atoms with Crippen LogP contribution in [0.25, 0.3) is 0 Å². The van der Waals surface area contributed by atoms with E-state index < -0.39 is 24.0 Å². The number of carbonyl (C=O) groups is 1. The van der Waals surface area contributed by atoms with Crippen LogP contribution in [0, 0.1) is 0 Å². The molecule has 0 amide bonds. The average Bonchev–Trinajstić information content (AvgIpc) is 2.74. The third kappa shape index (κ3) is 4.25. The van der Waals surface area contributed by atoms with Crippen molar-refractivity contribution in [2.75, 3.05) is 6.61 Å². The van der Waals surface area contributed by atoms with E-state index in [0.29, 0.717) is 13.2 Å². The zero-order chi connectivity index (χ0) is 16.2. The van der Waals surface area contributed by atoms with Crippen molar-refractivity contribution in [2.24, 2.45) is 0 Å². The normalized spacial score (nSPS) is 21.2. The standard InChI is InChI=1S/C16H20O5S/c1-4-18-15(22)13(12-14(17)21-16(2,3)20-12)19-10-11-8-6-5-7-9-11/h5-9,12-13H,4,10H2,1-3H3. The lowest BCUT2D eigenvalue weighted by molar-refractivity contribution is -0.163. The number of esters is 1. The minimum Gasteiger partial charge on any atom is -0.485 e. The molecule has 2 unspecified atom stereocenters. The molecule has 0 aromatic heterocycles.